The average Bonchev–Trinajstić information content (AvgIpc) is 2.75. The summed E-state index contributed by atoms with van der Waals surface area (Å²) >= 11 is 0. The number of rotatable bonds is 9. The first kappa shape index (κ1) is 24.7. The normalized spacial score (nSPS) is 12.9. The lowest BCUT2D eigenvalue weighted by Gasteiger charge is -2.29. The van der Waals surface area contributed by atoms with Crippen molar-refractivity contribution in [3.05, 3.63) is 71.4 Å². The van der Waals surface area contributed by atoms with Gasteiger partial charge in [0.15, 0.2) is 0 Å². The van der Waals surface area contributed by atoms with Gasteiger partial charge in [-0.3, -0.25) is 9.78 Å². The number of hydrogen-bond acceptors (Lipinski definition) is 4. The van der Waals surface area contributed by atoms with E-state index in [4.69, 9.17) is 9.84 Å². The summed E-state index contributed by atoms with van der Waals surface area (Å²) in [5, 5.41) is 13.8. The van der Waals surface area contributed by atoms with Crippen LogP contribution in [0.4, 0.5) is 22.4 Å². The molecule has 0 radical (unpaired) electrons. The number of carboxylic acid groups (broad SMARTS) is 1. The molecule has 2 aromatic carbocycles. The molecule has 0 aliphatic rings. The third-order valence-electron chi connectivity index (χ3n) is 5.06. The number of hydrogen-bond donors (Lipinski definition) is 3. The molecule has 0 spiro atoms. The zero-order valence-electron chi connectivity index (χ0n) is 17.9. The van der Waals surface area contributed by atoms with Crippen LogP contribution < -0.4 is 15.4 Å². The second-order valence-electron chi connectivity index (χ2n) is 7.77. The molecule has 0 aliphatic heterocycles. The van der Waals surface area contributed by atoms with E-state index in [0.717, 1.165) is 12.1 Å². The Labute approximate surface area is 191 Å². The molecule has 2 amide bonds. The van der Waals surface area contributed by atoms with Crippen molar-refractivity contribution in [2.45, 2.75) is 31.9 Å². The SMILES string of the molecule is CC(CNC(=O)c1ccnc2c(OCc3c(F)cccc3F)cccc12)(CC(F)F)NC(=O)O. The van der Waals surface area contributed by atoms with Crippen molar-refractivity contribution in [1.82, 2.24) is 15.6 Å². The molecule has 1 atom stereocenters. The summed E-state index contributed by atoms with van der Waals surface area (Å²) in [6.45, 7) is 0.448. The molecule has 0 saturated heterocycles. The molecule has 3 aromatic rings. The number of benzene rings is 2. The minimum Gasteiger partial charge on any atom is -0.486 e. The zero-order chi connectivity index (χ0) is 24.9. The van der Waals surface area contributed by atoms with Crippen LogP contribution >= 0.6 is 0 Å². The molecule has 0 aliphatic carbocycles. The number of carbonyl (C=O) groups is 2. The first-order valence-electron chi connectivity index (χ1n) is 10.1. The quantitative estimate of drug-likeness (QED) is 0.393. The van der Waals surface area contributed by atoms with E-state index in [-0.39, 0.29) is 22.4 Å². The Balaban J connectivity index is 1.82. The van der Waals surface area contributed by atoms with E-state index in [1.54, 1.807) is 12.1 Å². The van der Waals surface area contributed by atoms with Gasteiger partial charge in [-0.05, 0) is 31.2 Å². The van der Waals surface area contributed by atoms with Crippen LogP contribution in [0, 0.1) is 11.6 Å². The van der Waals surface area contributed by atoms with Gasteiger partial charge in [0.05, 0.1) is 16.7 Å². The maximum Gasteiger partial charge on any atom is 0.405 e. The number of carbonyl (C=O) groups excluding carboxylic acids is 1. The predicted molar refractivity (Wildman–Crippen MR) is 115 cm³/mol. The summed E-state index contributed by atoms with van der Waals surface area (Å²) in [7, 11) is 0. The van der Waals surface area contributed by atoms with Gasteiger partial charge in [-0.25, -0.2) is 22.4 Å². The zero-order valence-corrected chi connectivity index (χ0v) is 17.9. The summed E-state index contributed by atoms with van der Waals surface area (Å²) in [4.78, 5) is 28.0. The largest absolute Gasteiger partial charge is 0.486 e. The monoisotopic (exact) mass is 479 g/mol. The van der Waals surface area contributed by atoms with E-state index in [9.17, 15) is 27.2 Å². The lowest BCUT2D eigenvalue weighted by atomic mass is 9.97. The van der Waals surface area contributed by atoms with Gasteiger partial charge < -0.3 is 20.5 Å². The summed E-state index contributed by atoms with van der Waals surface area (Å²) in [6.07, 6.45) is -3.78. The molecule has 3 N–H and O–H groups in total. The highest BCUT2D eigenvalue weighted by molar-refractivity contribution is 6.07. The number of fused-ring (bicyclic) bond motifs is 1. The molecule has 1 aromatic heterocycles. The van der Waals surface area contributed by atoms with Crippen molar-refractivity contribution in [1.29, 1.82) is 0 Å². The highest BCUT2D eigenvalue weighted by Crippen LogP contribution is 2.27. The van der Waals surface area contributed by atoms with Crippen LogP contribution in [0.2, 0.25) is 0 Å². The van der Waals surface area contributed by atoms with Crippen molar-refractivity contribution >= 4 is 22.9 Å². The number of halogens is 4. The van der Waals surface area contributed by atoms with E-state index < -0.39 is 55.2 Å². The van der Waals surface area contributed by atoms with Crippen LogP contribution in [0.25, 0.3) is 10.9 Å². The van der Waals surface area contributed by atoms with Gasteiger partial charge in [-0.1, -0.05) is 18.2 Å². The van der Waals surface area contributed by atoms with Crippen molar-refractivity contribution in [2.24, 2.45) is 0 Å². The lowest BCUT2D eigenvalue weighted by Crippen LogP contribution is -2.54. The Morgan fingerprint density at radius 1 is 1.12 bits per heavy atom. The number of alkyl halides is 2. The number of amides is 2. The summed E-state index contributed by atoms with van der Waals surface area (Å²) in [6, 6.07) is 9.48. The molecule has 1 heterocycles. The van der Waals surface area contributed by atoms with Gasteiger partial charge >= 0.3 is 6.09 Å². The molecule has 11 heteroatoms. The highest BCUT2D eigenvalue weighted by Gasteiger charge is 2.31. The molecule has 1 unspecified atom stereocenters. The standard InChI is InChI=1S/C23H21F4N3O4/c1-23(10-19(26)27,30-22(32)33)12-29-21(31)14-8-9-28-20-13(14)4-2-7-18(20)34-11-15-16(24)5-3-6-17(15)25/h2-9,19,30H,10-12H2,1H3,(H,29,31)(H,32,33). The van der Waals surface area contributed by atoms with Crippen LogP contribution in [-0.2, 0) is 6.61 Å². The molecule has 34 heavy (non-hydrogen) atoms. The van der Waals surface area contributed by atoms with Gasteiger partial charge in [0.25, 0.3) is 5.91 Å². The Hall–Kier alpha value is -3.89. The summed E-state index contributed by atoms with van der Waals surface area (Å²) < 4.78 is 59.2. The summed E-state index contributed by atoms with van der Waals surface area (Å²) in [5.74, 6) is -2.02. The number of aromatic nitrogens is 1. The van der Waals surface area contributed by atoms with E-state index in [0.29, 0.717) is 5.39 Å². The average molecular weight is 479 g/mol. The van der Waals surface area contributed by atoms with Crippen molar-refractivity contribution in [2.75, 3.05) is 6.54 Å². The molecular weight excluding hydrogens is 458 g/mol. The fourth-order valence-electron chi connectivity index (χ4n) is 3.42. The fourth-order valence-corrected chi connectivity index (χ4v) is 3.42. The molecule has 0 saturated carbocycles. The molecule has 7 nitrogen and oxygen atoms in total. The first-order chi connectivity index (χ1) is 16.1. The van der Waals surface area contributed by atoms with Crippen LogP contribution in [0.3, 0.4) is 0 Å². The Morgan fingerprint density at radius 3 is 2.44 bits per heavy atom. The van der Waals surface area contributed by atoms with Crippen LogP contribution in [-0.4, -0.2) is 40.6 Å². The second kappa shape index (κ2) is 10.4. The van der Waals surface area contributed by atoms with Crippen molar-refractivity contribution in [3.8, 4) is 5.75 Å². The van der Waals surface area contributed by atoms with Gasteiger partial charge in [0, 0.05) is 24.5 Å². The van der Waals surface area contributed by atoms with Gasteiger partial charge in [0.1, 0.15) is 29.5 Å². The van der Waals surface area contributed by atoms with Crippen LogP contribution in [0.1, 0.15) is 29.3 Å². The van der Waals surface area contributed by atoms with Gasteiger partial charge in [-0.15, -0.1) is 0 Å². The fraction of sp³-hybridized carbons (Fsp3) is 0.261. The third-order valence-corrected chi connectivity index (χ3v) is 5.06. The molecule has 0 fully saturated rings. The Bertz CT molecular complexity index is 1190. The molecule has 0 bridgehead atoms. The highest BCUT2D eigenvalue weighted by atomic mass is 19.3. The topological polar surface area (TPSA) is 101 Å². The van der Waals surface area contributed by atoms with E-state index in [2.05, 4.69) is 10.3 Å². The molecular formula is C23H21F4N3O4. The number of pyridine rings is 1. The van der Waals surface area contributed by atoms with Crippen molar-refractivity contribution in [3.63, 3.8) is 0 Å². The number of nitrogens with zero attached hydrogens (tertiary/aromatic N) is 1. The molecule has 3 rings (SSSR count). The minimum absolute atomic E-state index is 0.127. The maximum absolute atomic E-state index is 13.9. The van der Waals surface area contributed by atoms with E-state index in [1.165, 1.54) is 31.3 Å². The first-order valence-corrected chi connectivity index (χ1v) is 10.1. The Morgan fingerprint density at radius 2 is 1.79 bits per heavy atom. The van der Waals surface area contributed by atoms with Gasteiger partial charge in [0.2, 0.25) is 6.43 Å². The predicted octanol–water partition coefficient (Wildman–Crippen LogP) is 4.50. The third kappa shape index (κ3) is 5.91. The van der Waals surface area contributed by atoms with E-state index in [1.807, 2.05) is 5.32 Å². The number of para-hydroxylation sites is 1. The maximum atomic E-state index is 13.9. The minimum atomic E-state index is -2.80. The van der Waals surface area contributed by atoms with Crippen LogP contribution in [0.15, 0.2) is 48.7 Å². The smallest absolute Gasteiger partial charge is 0.405 e. The number of nitrogens with one attached hydrogen (secondary N) is 2. The summed E-state index contributed by atoms with van der Waals surface area (Å²) in [5.41, 5.74) is -1.50. The number of ether oxygens (including phenoxy) is 1. The Kier molecular flexibility index (Phi) is 7.54. The van der Waals surface area contributed by atoms with Crippen LogP contribution in [0.5, 0.6) is 5.75 Å². The lowest BCUT2D eigenvalue weighted by molar-refractivity contribution is 0.0837. The van der Waals surface area contributed by atoms with Gasteiger partial charge in [-0.2, -0.15) is 0 Å². The van der Waals surface area contributed by atoms with Crippen molar-refractivity contribution < 1.29 is 37.0 Å². The second-order valence-corrected chi connectivity index (χ2v) is 7.77. The molecule has 180 valence electrons. The van der Waals surface area contributed by atoms with E-state index >= 15 is 0 Å².